The Kier molecular flexibility index (Phi) is 11.0. The maximum Gasteiger partial charge on any atom is 0.0757 e. The van der Waals surface area contributed by atoms with Crippen LogP contribution in [0, 0.1) is 0 Å². The minimum atomic E-state index is 0.279. The van der Waals surface area contributed by atoms with Crippen LogP contribution in [-0.4, -0.2) is 52.9 Å². The number of rotatable bonds is 10. The molecule has 1 atom stereocenters. The van der Waals surface area contributed by atoms with Crippen LogP contribution in [0.15, 0.2) is 12.2 Å². The molecular formula is C15H28O4. The topological polar surface area (TPSA) is 36.9 Å². The highest BCUT2D eigenvalue weighted by Crippen LogP contribution is 2.13. The molecule has 0 saturated heterocycles. The predicted molar refractivity (Wildman–Crippen MR) is 75.5 cm³/mol. The van der Waals surface area contributed by atoms with Crippen molar-refractivity contribution in [3.05, 3.63) is 12.2 Å². The van der Waals surface area contributed by atoms with E-state index in [-0.39, 0.29) is 6.10 Å². The predicted octanol–water partition coefficient (Wildman–Crippen LogP) is 2.57. The fraction of sp³-hybridized carbons (Fsp3) is 0.867. The van der Waals surface area contributed by atoms with Gasteiger partial charge < -0.3 is 18.9 Å². The summed E-state index contributed by atoms with van der Waals surface area (Å²) in [5.41, 5.74) is 0. The molecule has 4 heteroatoms. The molecule has 0 aliphatic heterocycles. The van der Waals surface area contributed by atoms with E-state index < -0.39 is 0 Å². The molecule has 1 aliphatic carbocycles. The Labute approximate surface area is 117 Å². The zero-order chi connectivity index (χ0) is 13.6. The second-order valence-corrected chi connectivity index (χ2v) is 4.69. The standard InChI is InChI=1S/C15H28O4/c1-16-9-10-17-11-12-18-13-14-19-15-7-5-3-2-4-6-8-15/h5,7,15H,2-4,6,8-14H2,1H3/b7-5-. The first-order valence-electron chi connectivity index (χ1n) is 7.36. The first-order valence-corrected chi connectivity index (χ1v) is 7.36. The van der Waals surface area contributed by atoms with Crippen molar-refractivity contribution >= 4 is 0 Å². The summed E-state index contributed by atoms with van der Waals surface area (Å²) < 4.78 is 21.4. The van der Waals surface area contributed by atoms with E-state index >= 15 is 0 Å². The van der Waals surface area contributed by atoms with Gasteiger partial charge in [0.15, 0.2) is 0 Å². The van der Waals surface area contributed by atoms with E-state index in [4.69, 9.17) is 18.9 Å². The zero-order valence-electron chi connectivity index (χ0n) is 12.1. The lowest BCUT2D eigenvalue weighted by Gasteiger charge is -2.16. The van der Waals surface area contributed by atoms with Gasteiger partial charge in [-0.05, 0) is 19.3 Å². The first kappa shape index (κ1) is 16.6. The highest BCUT2D eigenvalue weighted by Gasteiger charge is 2.06. The molecule has 0 N–H and O–H groups in total. The number of ether oxygens (including phenoxy) is 4. The highest BCUT2D eigenvalue weighted by atomic mass is 16.6. The van der Waals surface area contributed by atoms with E-state index in [1.54, 1.807) is 7.11 Å². The molecular weight excluding hydrogens is 244 g/mol. The van der Waals surface area contributed by atoms with E-state index in [9.17, 15) is 0 Å². The fourth-order valence-corrected chi connectivity index (χ4v) is 1.99. The van der Waals surface area contributed by atoms with Crippen LogP contribution in [0.3, 0.4) is 0 Å². The third-order valence-electron chi connectivity index (χ3n) is 3.07. The van der Waals surface area contributed by atoms with E-state index in [0.717, 1.165) is 6.42 Å². The average molecular weight is 272 g/mol. The quantitative estimate of drug-likeness (QED) is 0.452. The molecule has 19 heavy (non-hydrogen) atoms. The smallest absolute Gasteiger partial charge is 0.0757 e. The molecule has 0 aromatic heterocycles. The Bertz CT molecular complexity index is 218. The van der Waals surface area contributed by atoms with Gasteiger partial charge in [0.05, 0.1) is 45.7 Å². The summed E-state index contributed by atoms with van der Waals surface area (Å²) in [5.74, 6) is 0. The van der Waals surface area contributed by atoms with Gasteiger partial charge >= 0.3 is 0 Å². The lowest BCUT2D eigenvalue weighted by atomic mass is 10.0. The molecule has 0 spiro atoms. The van der Waals surface area contributed by atoms with Gasteiger partial charge in [-0.25, -0.2) is 0 Å². The van der Waals surface area contributed by atoms with Crippen molar-refractivity contribution in [3.63, 3.8) is 0 Å². The minimum Gasteiger partial charge on any atom is -0.382 e. The molecule has 0 bridgehead atoms. The Morgan fingerprint density at radius 3 is 2.42 bits per heavy atom. The van der Waals surface area contributed by atoms with Gasteiger partial charge in [0.2, 0.25) is 0 Å². The monoisotopic (exact) mass is 272 g/mol. The molecule has 1 aliphatic rings. The van der Waals surface area contributed by atoms with Gasteiger partial charge in [0, 0.05) is 7.11 Å². The molecule has 4 nitrogen and oxygen atoms in total. The summed E-state index contributed by atoms with van der Waals surface area (Å²) in [7, 11) is 1.67. The van der Waals surface area contributed by atoms with Crippen LogP contribution in [-0.2, 0) is 18.9 Å². The number of hydrogen-bond donors (Lipinski definition) is 0. The van der Waals surface area contributed by atoms with Crippen LogP contribution < -0.4 is 0 Å². The molecule has 0 aromatic carbocycles. The van der Waals surface area contributed by atoms with Crippen LogP contribution in [0.5, 0.6) is 0 Å². The second-order valence-electron chi connectivity index (χ2n) is 4.69. The fourth-order valence-electron chi connectivity index (χ4n) is 1.99. The van der Waals surface area contributed by atoms with Gasteiger partial charge in [-0.2, -0.15) is 0 Å². The third-order valence-corrected chi connectivity index (χ3v) is 3.07. The molecule has 112 valence electrons. The lowest BCUT2D eigenvalue weighted by Crippen LogP contribution is -2.16. The van der Waals surface area contributed by atoms with Crippen molar-refractivity contribution in [2.45, 2.75) is 38.2 Å². The van der Waals surface area contributed by atoms with Gasteiger partial charge in [-0.3, -0.25) is 0 Å². The average Bonchev–Trinajstić information content (AvgIpc) is 2.39. The summed E-state index contributed by atoms with van der Waals surface area (Å²) >= 11 is 0. The molecule has 0 saturated carbocycles. The normalized spacial score (nSPS) is 21.8. The van der Waals surface area contributed by atoms with E-state index in [0.29, 0.717) is 39.6 Å². The van der Waals surface area contributed by atoms with Crippen LogP contribution in [0.2, 0.25) is 0 Å². The van der Waals surface area contributed by atoms with Crippen molar-refractivity contribution in [2.24, 2.45) is 0 Å². The Hall–Kier alpha value is -0.420. The second kappa shape index (κ2) is 12.6. The van der Waals surface area contributed by atoms with Crippen LogP contribution in [0.4, 0.5) is 0 Å². The molecule has 0 aromatic rings. The molecule has 1 rings (SSSR count). The largest absolute Gasteiger partial charge is 0.382 e. The van der Waals surface area contributed by atoms with Crippen LogP contribution >= 0.6 is 0 Å². The van der Waals surface area contributed by atoms with Gasteiger partial charge in [-0.15, -0.1) is 0 Å². The van der Waals surface area contributed by atoms with Crippen molar-refractivity contribution in [1.29, 1.82) is 0 Å². The van der Waals surface area contributed by atoms with E-state index in [2.05, 4.69) is 12.2 Å². The summed E-state index contributed by atoms with van der Waals surface area (Å²) in [6.07, 6.45) is 11.0. The highest BCUT2D eigenvalue weighted by molar-refractivity contribution is 4.91. The minimum absolute atomic E-state index is 0.279. The van der Waals surface area contributed by atoms with E-state index in [1.807, 2.05) is 0 Å². The summed E-state index contributed by atoms with van der Waals surface area (Å²) in [5, 5.41) is 0. The number of hydrogen-bond acceptors (Lipinski definition) is 4. The van der Waals surface area contributed by atoms with Crippen molar-refractivity contribution < 1.29 is 18.9 Å². The molecule has 0 heterocycles. The van der Waals surface area contributed by atoms with E-state index in [1.165, 1.54) is 25.7 Å². The maximum absolute atomic E-state index is 5.79. The van der Waals surface area contributed by atoms with Crippen molar-refractivity contribution in [2.75, 3.05) is 46.8 Å². The summed E-state index contributed by atoms with van der Waals surface area (Å²) in [6, 6.07) is 0. The summed E-state index contributed by atoms with van der Waals surface area (Å²) in [4.78, 5) is 0. The number of allylic oxidation sites excluding steroid dienone is 1. The SMILES string of the molecule is COCCOCCOCCOC1/C=C\CCCCC1. The number of methoxy groups -OCH3 is 1. The Morgan fingerprint density at radius 1 is 0.895 bits per heavy atom. The van der Waals surface area contributed by atoms with Crippen LogP contribution in [0.1, 0.15) is 32.1 Å². The Balaban J connectivity index is 1.88. The Morgan fingerprint density at radius 2 is 1.63 bits per heavy atom. The first-order chi connectivity index (χ1) is 9.43. The molecule has 0 amide bonds. The zero-order valence-corrected chi connectivity index (χ0v) is 12.1. The van der Waals surface area contributed by atoms with Crippen molar-refractivity contribution in [1.82, 2.24) is 0 Å². The maximum atomic E-state index is 5.79. The van der Waals surface area contributed by atoms with Gasteiger partial charge in [-0.1, -0.05) is 25.0 Å². The van der Waals surface area contributed by atoms with Crippen LogP contribution in [0.25, 0.3) is 0 Å². The lowest BCUT2D eigenvalue weighted by molar-refractivity contribution is -0.00825. The molecule has 0 fully saturated rings. The van der Waals surface area contributed by atoms with Gasteiger partial charge in [0.1, 0.15) is 0 Å². The molecule has 1 unspecified atom stereocenters. The molecule has 0 radical (unpaired) electrons. The third kappa shape index (κ3) is 10.1. The van der Waals surface area contributed by atoms with Crippen molar-refractivity contribution in [3.8, 4) is 0 Å². The summed E-state index contributed by atoms with van der Waals surface area (Å²) in [6.45, 7) is 3.80. The van der Waals surface area contributed by atoms with Gasteiger partial charge in [0.25, 0.3) is 0 Å².